The van der Waals surface area contributed by atoms with E-state index in [4.69, 9.17) is 0 Å². The van der Waals surface area contributed by atoms with Crippen LogP contribution in [0.5, 0.6) is 0 Å². The smallest absolute Gasteiger partial charge is 0.261 e. The molecule has 138 valence electrons. The molecule has 0 unspecified atom stereocenters. The number of hydrogen-bond donors (Lipinski definition) is 1. The van der Waals surface area contributed by atoms with Gasteiger partial charge >= 0.3 is 0 Å². The number of nitrogens with zero attached hydrogens (tertiary/aromatic N) is 2. The van der Waals surface area contributed by atoms with Crippen LogP contribution in [0.25, 0.3) is 11.0 Å². The molecule has 0 spiro atoms. The SMILES string of the molecule is CCn1cc(C(=O)Nc2cccc3c2CCCC3)c(=O)c2ccc(C)nc21. The van der Waals surface area contributed by atoms with Crippen LogP contribution in [0.1, 0.15) is 46.9 Å². The molecule has 0 atom stereocenters. The third kappa shape index (κ3) is 3.14. The van der Waals surface area contributed by atoms with Crippen molar-refractivity contribution in [3.05, 3.63) is 69.1 Å². The minimum absolute atomic E-state index is 0.156. The summed E-state index contributed by atoms with van der Waals surface area (Å²) in [5, 5.41) is 3.46. The molecule has 2 aromatic heterocycles. The van der Waals surface area contributed by atoms with E-state index < -0.39 is 0 Å². The first-order valence-electron chi connectivity index (χ1n) is 9.51. The number of carbonyl (C=O) groups is 1. The number of nitrogens with one attached hydrogen (secondary N) is 1. The molecule has 0 aliphatic heterocycles. The lowest BCUT2D eigenvalue weighted by molar-refractivity contribution is 0.102. The number of anilines is 1. The van der Waals surface area contributed by atoms with Gasteiger partial charge in [0.05, 0.1) is 5.39 Å². The summed E-state index contributed by atoms with van der Waals surface area (Å²) in [6.07, 6.45) is 5.95. The van der Waals surface area contributed by atoms with Gasteiger partial charge in [-0.3, -0.25) is 9.59 Å². The highest BCUT2D eigenvalue weighted by Gasteiger charge is 2.19. The Kier molecular flexibility index (Phi) is 4.52. The molecule has 0 fully saturated rings. The molecule has 2 heterocycles. The minimum atomic E-state index is -0.358. The van der Waals surface area contributed by atoms with Gasteiger partial charge < -0.3 is 9.88 Å². The average molecular weight is 361 g/mol. The number of aromatic nitrogens is 2. The second-order valence-electron chi connectivity index (χ2n) is 7.09. The fourth-order valence-corrected chi connectivity index (χ4v) is 3.85. The second kappa shape index (κ2) is 6.99. The number of fused-ring (bicyclic) bond motifs is 2. The van der Waals surface area contributed by atoms with Crippen LogP contribution < -0.4 is 10.7 Å². The first-order valence-corrected chi connectivity index (χ1v) is 9.51. The summed E-state index contributed by atoms with van der Waals surface area (Å²) in [6.45, 7) is 4.50. The van der Waals surface area contributed by atoms with Gasteiger partial charge in [-0.2, -0.15) is 0 Å². The molecule has 5 nitrogen and oxygen atoms in total. The van der Waals surface area contributed by atoms with Crippen molar-refractivity contribution in [3.63, 3.8) is 0 Å². The van der Waals surface area contributed by atoms with E-state index in [0.29, 0.717) is 17.6 Å². The Balaban J connectivity index is 1.77. The number of hydrogen-bond acceptors (Lipinski definition) is 3. The van der Waals surface area contributed by atoms with Crippen LogP contribution in [0.15, 0.2) is 41.3 Å². The van der Waals surface area contributed by atoms with Crippen molar-refractivity contribution in [3.8, 4) is 0 Å². The Morgan fingerprint density at radius 3 is 2.81 bits per heavy atom. The third-order valence-electron chi connectivity index (χ3n) is 5.29. The average Bonchev–Trinajstić information content (AvgIpc) is 2.68. The highest BCUT2D eigenvalue weighted by molar-refractivity contribution is 6.06. The van der Waals surface area contributed by atoms with Crippen LogP contribution in [-0.2, 0) is 19.4 Å². The van der Waals surface area contributed by atoms with Crippen LogP contribution in [0.4, 0.5) is 5.69 Å². The predicted molar refractivity (Wildman–Crippen MR) is 107 cm³/mol. The zero-order chi connectivity index (χ0) is 19.0. The van der Waals surface area contributed by atoms with Crippen LogP contribution in [0.2, 0.25) is 0 Å². The quantitative estimate of drug-likeness (QED) is 0.770. The van der Waals surface area contributed by atoms with Crippen molar-refractivity contribution >= 4 is 22.6 Å². The Morgan fingerprint density at radius 1 is 1.19 bits per heavy atom. The Hall–Kier alpha value is -2.95. The highest BCUT2D eigenvalue weighted by atomic mass is 16.2. The zero-order valence-corrected chi connectivity index (χ0v) is 15.7. The molecule has 3 aromatic rings. The number of amides is 1. The van der Waals surface area contributed by atoms with Gasteiger partial charge in [-0.05, 0) is 68.9 Å². The Bertz CT molecular complexity index is 1100. The maximum Gasteiger partial charge on any atom is 0.261 e. The fourth-order valence-electron chi connectivity index (χ4n) is 3.85. The summed E-state index contributed by atoms with van der Waals surface area (Å²) >= 11 is 0. The lowest BCUT2D eigenvalue weighted by Gasteiger charge is -2.19. The van der Waals surface area contributed by atoms with E-state index >= 15 is 0 Å². The monoisotopic (exact) mass is 361 g/mol. The van der Waals surface area contributed by atoms with Crippen LogP contribution in [0.3, 0.4) is 0 Å². The van der Waals surface area contributed by atoms with Gasteiger partial charge in [-0.15, -0.1) is 0 Å². The Labute approximate surface area is 158 Å². The molecule has 1 aliphatic rings. The molecule has 1 aromatic carbocycles. The lowest BCUT2D eigenvalue weighted by Crippen LogP contribution is -2.25. The third-order valence-corrected chi connectivity index (χ3v) is 5.29. The van der Waals surface area contributed by atoms with Gasteiger partial charge in [0.25, 0.3) is 5.91 Å². The van der Waals surface area contributed by atoms with E-state index in [1.807, 2.05) is 30.5 Å². The zero-order valence-electron chi connectivity index (χ0n) is 15.7. The molecular weight excluding hydrogens is 338 g/mol. The maximum absolute atomic E-state index is 13.0. The normalized spacial score (nSPS) is 13.4. The standard InChI is InChI=1S/C22H23N3O2/c1-3-25-13-18(20(26)17-12-11-14(2)23-21(17)25)22(27)24-19-10-6-8-15-7-4-5-9-16(15)19/h6,8,10-13H,3-5,7,9H2,1-2H3,(H,24,27). The van der Waals surface area contributed by atoms with E-state index in [0.717, 1.165) is 30.6 Å². The van der Waals surface area contributed by atoms with Crippen molar-refractivity contribution in [2.24, 2.45) is 0 Å². The fraction of sp³-hybridized carbons (Fsp3) is 0.318. The van der Waals surface area contributed by atoms with E-state index in [-0.39, 0.29) is 16.9 Å². The Morgan fingerprint density at radius 2 is 2.00 bits per heavy atom. The molecule has 0 bridgehead atoms. The number of pyridine rings is 2. The topological polar surface area (TPSA) is 64.0 Å². The summed E-state index contributed by atoms with van der Waals surface area (Å²) in [4.78, 5) is 30.3. The molecular formula is C22H23N3O2. The highest BCUT2D eigenvalue weighted by Crippen LogP contribution is 2.28. The van der Waals surface area contributed by atoms with Crippen LogP contribution in [-0.4, -0.2) is 15.5 Å². The summed E-state index contributed by atoms with van der Waals surface area (Å²) in [7, 11) is 0. The van der Waals surface area contributed by atoms with Gasteiger partial charge in [-0.1, -0.05) is 12.1 Å². The van der Waals surface area contributed by atoms with E-state index in [2.05, 4.69) is 16.4 Å². The largest absolute Gasteiger partial charge is 0.332 e. The van der Waals surface area contributed by atoms with E-state index in [1.54, 1.807) is 18.3 Å². The van der Waals surface area contributed by atoms with Crippen LogP contribution in [0, 0.1) is 6.92 Å². The molecule has 1 N–H and O–H groups in total. The van der Waals surface area contributed by atoms with Gasteiger partial charge in [0, 0.05) is 24.1 Å². The first kappa shape index (κ1) is 17.5. The molecule has 27 heavy (non-hydrogen) atoms. The molecule has 1 amide bonds. The molecule has 0 saturated carbocycles. The van der Waals surface area contributed by atoms with Crippen molar-refractivity contribution in [2.45, 2.75) is 46.1 Å². The minimum Gasteiger partial charge on any atom is -0.332 e. The van der Waals surface area contributed by atoms with Gasteiger partial charge in [0.2, 0.25) is 5.43 Å². The van der Waals surface area contributed by atoms with Crippen LogP contribution >= 0.6 is 0 Å². The second-order valence-corrected chi connectivity index (χ2v) is 7.09. The summed E-state index contributed by atoms with van der Waals surface area (Å²) < 4.78 is 1.86. The molecule has 0 radical (unpaired) electrons. The van der Waals surface area contributed by atoms with Gasteiger partial charge in [-0.25, -0.2) is 4.98 Å². The maximum atomic E-state index is 13.0. The van der Waals surface area contributed by atoms with Crippen molar-refractivity contribution in [1.82, 2.24) is 9.55 Å². The summed E-state index contributed by atoms with van der Waals surface area (Å²) in [5.74, 6) is -0.358. The number of carbonyl (C=O) groups excluding carboxylic acids is 1. The predicted octanol–water partition coefficient (Wildman–Crippen LogP) is 3.86. The van der Waals surface area contributed by atoms with Crippen molar-refractivity contribution < 1.29 is 4.79 Å². The van der Waals surface area contributed by atoms with Crippen molar-refractivity contribution in [2.75, 3.05) is 5.32 Å². The number of aryl methyl sites for hydroxylation is 3. The van der Waals surface area contributed by atoms with E-state index in [9.17, 15) is 9.59 Å². The number of benzene rings is 1. The summed E-state index contributed by atoms with van der Waals surface area (Å²) in [6, 6.07) is 9.58. The van der Waals surface area contributed by atoms with Gasteiger partial charge in [0.15, 0.2) is 0 Å². The lowest BCUT2D eigenvalue weighted by atomic mass is 9.90. The number of rotatable bonds is 3. The van der Waals surface area contributed by atoms with Crippen molar-refractivity contribution in [1.29, 1.82) is 0 Å². The van der Waals surface area contributed by atoms with Gasteiger partial charge in [0.1, 0.15) is 11.2 Å². The summed E-state index contributed by atoms with van der Waals surface area (Å²) in [5.41, 5.74) is 4.66. The molecule has 5 heteroatoms. The molecule has 0 saturated heterocycles. The van der Waals surface area contributed by atoms with E-state index in [1.165, 1.54) is 17.5 Å². The molecule has 1 aliphatic carbocycles. The molecule has 4 rings (SSSR count). The first-order chi connectivity index (χ1) is 13.1.